The summed E-state index contributed by atoms with van der Waals surface area (Å²) >= 11 is 2.80. The summed E-state index contributed by atoms with van der Waals surface area (Å²) in [6, 6.07) is 17.2. The number of thioether (sulfide) groups is 1. The smallest absolute Gasteiger partial charge is 0.234 e. The Bertz CT molecular complexity index is 959. The number of nitrogens with zero attached hydrogens (tertiary/aromatic N) is 1. The van der Waals surface area contributed by atoms with Crippen molar-refractivity contribution in [2.24, 2.45) is 0 Å². The van der Waals surface area contributed by atoms with Gasteiger partial charge >= 0.3 is 0 Å². The number of carbonyl (C=O) groups is 2. The molecule has 2 N–H and O–H groups in total. The summed E-state index contributed by atoms with van der Waals surface area (Å²) in [6.45, 7) is 0.597. The number of nitrogens with one attached hydrogen (secondary N) is 2. The number of methoxy groups -OCH3 is 1. The van der Waals surface area contributed by atoms with Gasteiger partial charge in [-0.05, 0) is 36.2 Å². The first-order valence-electron chi connectivity index (χ1n) is 9.44. The molecule has 3 aromatic rings. The fourth-order valence-corrected chi connectivity index (χ4v) is 4.30. The number of aromatic nitrogens is 1. The molecule has 0 radical (unpaired) electrons. The SMILES string of the molecule is COc1ccc(NC(=O)CSc2nc(CC(=O)NCCc3ccccc3)cs2)cc1. The van der Waals surface area contributed by atoms with Crippen molar-refractivity contribution >= 4 is 40.6 Å². The number of anilines is 1. The fourth-order valence-electron chi connectivity index (χ4n) is 2.65. The van der Waals surface area contributed by atoms with Gasteiger partial charge in [0, 0.05) is 17.6 Å². The van der Waals surface area contributed by atoms with Crippen molar-refractivity contribution in [1.82, 2.24) is 10.3 Å². The number of amides is 2. The van der Waals surface area contributed by atoms with Crippen molar-refractivity contribution in [2.75, 3.05) is 24.7 Å². The third kappa shape index (κ3) is 7.20. The normalized spacial score (nSPS) is 10.4. The maximum absolute atomic E-state index is 12.1. The highest BCUT2D eigenvalue weighted by molar-refractivity contribution is 8.01. The van der Waals surface area contributed by atoms with Gasteiger partial charge in [0.2, 0.25) is 11.8 Å². The molecule has 1 heterocycles. The Morgan fingerprint density at radius 3 is 2.57 bits per heavy atom. The predicted octanol–water partition coefficient (Wildman–Crippen LogP) is 3.78. The topological polar surface area (TPSA) is 80.3 Å². The molecule has 2 aromatic carbocycles. The Balaban J connectivity index is 1.37. The first-order chi connectivity index (χ1) is 14.6. The minimum absolute atomic E-state index is 0.0509. The molecule has 6 nitrogen and oxygen atoms in total. The minimum atomic E-state index is -0.111. The average Bonchev–Trinajstić information content (AvgIpc) is 3.21. The summed E-state index contributed by atoms with van der Waals surface area (Å²) < 4.78 is 5.87. The molecule has 3 rings (SSSR count). The molecule has 0 saturated carbocycles. The Kier molecular flexibility index (Phi) is 8.29. The van der Waals surface area contributed by atoms with Gasteiger partial charge in [-0.3, -0.25) is 9.59 Å². The van der Waals surface area contributed by atoms with Crippen molar-refractivity contribution in [2.45, 2.75) is 17.2 Å². The summed E-state index contributed by atoms with van der Waals surface area (Å²) in [4.78, 5) is 28.7. The largest absolute Gasteiger partial charge is 0.497 e. The van der Waals surface area contributed by atoms with Crippen molar-refractivity contribution in [3.63, 3.8) is 0 Å². The van der Waals surface area contributed by atoms with Crippen LogP contribution in [-0.2, 0) is 22.4 Å². The van der Waals surface area contributed by atoms with E-state index in [2.05, 4.69) is 15.6 Å². The number of ether oxygens (including phenoxy) is 1. The van der Waals surface area contributed by atoms with Crippen LogP contribution >= 0.6 is 23.1 Å². The van der Waals surface area contributed by atoms with Crippen molar-refractivity contribution in [1.29, 1.82) is 0 Å². The van der Waals surface area contributed by atoms with Gasteiger partial charge in [-0.2, -0.15) is 0 Å². The first kappa shape index (κ1) is 21.9. The second-order valence-electron chi connectivity index (χ2n) is 6.43. The number of carbonyl (C=O) groups excluding carboxylic acids is 2. The third-order valence-corrected chi connectivity index (χ3v) is 6.22. The molecule has 0 fully saturated rings. The molecule has 2 amide bonds. The minimum Gasteiger partial charge on any atom is -0.497 e. The summed E-state index contributed by atoms with van der Waals surface area (Å²) in [7, 11) is 1.60. The monoisotopic (exact) mass is 441 g/mol. The molecule has 0 spiro atoms. The molecule has 0 aliphatic carbocycles. The van der Waals surface area contributed by atoms with Gasteiger partial charge < -0.3 is 15.4 Å². The molecular formula is C22H23N3O3S2. The van der Waals surface area contributed by atoms with Gasteiger partial charge in [0.25, 0.3) is 0 Å². The highest BCUT2D eigenvalue weighted by Gasteiger charge is 2.10. The number of hydrogen-bond acceptors (Lipinski definition) is 6. The molecule has 0 aliphatic rings. The summed E-state index contributed by atoms with van der Waals surface area (Å²) in [5.41, 5.74) is 2.63. The van der Waals surface area contributed by atoms with E-state index in [1.54, 1.807) is 31.4 Å². The summed E-state index contributed by atoms with van der Waals surface area (Å²) in [6.07, 6.45) is 1.04. The van der Waals surface area contributed by atoms with E-state index in [-0.39, 0.29) is 24.0 Å². The van der Waals surface area contributed by atoms with Crippen LogP contribution in [0.1, 0.15) is 11.3 Å². The van der Waals surface area contributed by atoms with Crippen LogP contribution in [0.2, 0.25) is 0 Å². The Morgan fingerprint density at radius 1 is 1.07 bits per heavy atom. The summed E-state index contributed by atoms with van der Waals surface area (Å²) in [5, 5.41) is 7.62. The molecule has 0 atom stereocenters. The van der Waals surface area contributed by atoms with Crippen LogP contribution in [0.15, 0.2) is 64.3 Å². The van der Waals surface area contributed by atoms with Crippen LogP contribution < -0.4 is 15.4 Å². The van der Waals surface area contributed by atoms with E-state index < -0.39 is 0 Å². The molecule has 1 aromatic heterocycles. The molecule has 0 bridgehead atoms. The quantitative estimate of drug-likeness (QED) is 0.468. The number of thiazole rings is 1. The van der Waals surface area contributed by atoms with Crippen LogP contribution in [0.3, 0.4) is 0 Å². The van der Waals surface area contributed by atoms with Crippen LogP contribution in [0, 0.1) is 0 Å². The van der Waals surface area contributed by atoms with E-state index in [9.17, 15) is 9.59 Å². The number of benzene rings is 2. The Hall–Kier alpha value is -2.84. The lowest BCUT2D eigenvalue weighted by atomic mass is 10.1. The van der Waals surface area contributed by atoms with E-state index in [0.717, 1.165) is 22.2 Å². The fraction of sp³-hybridized carbons (Fsp3) is 0.227. The van der Waals surface area contributed by atoms with Gasteiger partial charge in [-0.15, -0.1) is 11.3 Å². The van der Waals surface area contributed by atoms with Gasteiger partial charge in [0.15, 0.2) is 4.34 Å². The van der Waals surface area contributed by atoms with E-state index in [1.165, 1.54) is 28.7 Å². The molecular weight excluding hydrogens is 418 g/mol. The predicted molar refractivity (Wildman–Crippen MR) is 121 cm³/mol. The molecule has 0 saturated heterocycles. The van der Waals surface area contributed by atoms with E-state index >= 15 is 0 Å². The van der Waals surface area contributed by atoms with E-state index in [4.69, 9.17) is 4.74 Å². The second kappa shape index (κ2) is 11.4. The Morgan fingerprint density at radius 2 is 1.83 bits per heavy atom. The molecule has 0 aliphatic heterocycles. The average molecular weight is 442 g/mol. The maximum Gasteiger partial charge on any atom is 0.234 e. The van der Waals surface area contributed by atoms with E-state index in [1.807, 2.05) is 35.7 Å². The van der Waals surface area contributed by atoms with Gasteiger partial charge in [-0.1, -0.05) is 42.1 Å². The van der Waals surface area contributed by atoms with Crippen LogP contribution in [0.4, 0.5) is 5.69 Å². The molecule has 8 heteroatoms. The maximum atomic E-state index is 12.1. The zero-order chi connectivity index (χ0) is 21.2. The third-order valence-electron chi connectivity index (χ3n) is 4.15. The van der Waals surface area contributed by atoms with Gasteiger partial charge in [0.05, 0.1) is 25.0 Å². The highest BCUT2D eigenvalue weighted by atomic mass is 32.2. The molecule has 0 unspecified atom stereocenters. The van der Waals surface area contributed by atoms with Crippen molar-refractivity contribution < 1.29 is 14.3 Å². The first-order valence-corrected chi connectivity index (χ1v) is 11.3. The Labute approximate surface area is 184 Å². The van der Waals surface area contributed by atoms with Crippen molar-refractivity contribution in [3.8, 4) is 5.75 Å². The van der Waals surface area contributed by atoms with Gasteiger partial charge in [-0.25, -0.2) is 4.98 Å². The zero-order valence-corrected chi connectivity index (χ0v) is 18.2. The summed E-state index contributed by atoms with van der Waals surface area (Å²) in [5.74, 6) is 0.829. The lowest BCUT2D eigenvalue weighted by molar-refractivity contribution is -0.120. The van der Waals surface area contributed by atoms with Crippen molar-refractivity contribution in [3.05, 3.63) is 71.2 Å². The number of hydrogen-bond donors (Lipinski definition) is 2. The standard InChI is InChI=1S/C22H23N3O3S2/c1-28-19-9-7-17(8-10-19)24-21(27)15-30-22-25-18(14-29-22)13-20(26)23-12-11-16-5-3-2-4-6-16/h2-10,14H,11-13,15H2,1H3,(H,23,26)(H,24,27). The number of rotatable bonds is 10. The highest BCUT2D eigenvalue weighted by Crippen LogP contribution is 2.23. The lowest BCUT2D eigenvalue weighted by Gasteiger charge is -2.05. The molecule has 156 valence electrons. The van der Waals surface area contributed by atoms with Crippen LogP contribution in [0.5, 0.6) is 5.75 Å². The zero-order valence-electron chi connectivity index (χ0n) is 16.6. The lowest BCUT2D eigenvalue weighted by Crippen LogP contribution is -2.27. The van der Waals surface area contributed by atoms with E-state index in [0.29, 0.717) is 12.2 Å². The van der Waals surface area contributed by atoms with Crippen LogP contribution in [-0.4, -0.2) is 36.2 Å². The second-order valence-corrected chi connectivity index (χ2v) is 8.51. The molecule has 30 heavy (non-hydrogen) atoms. The van der Waals surface area contributed by atoms with Crippen LogP contribution in [0.25, 0.3) is 0 Å². The van der Waals surface area contributed by atoms with Gasteiger partial charge in [0.1, 0.15) is 5.75 Å².